The maximum atomic E-state index is 12.4. The van der Waals surface area contributed by atoms with E-state index >= 15 is 0 Å². The Balaban J connectivity index is 1.50. The van der Waals surface area contributed by atoms with E-state index in [1.165, 1.54) is 12.8 Å². The summed E-state index contributed by atoms with van der Waals surface area (Å²) in [5, 5.41) is 0. The van der Waals surface area contributed by atoms with Crippen molar-refractivity contribution in [2.45, 2.75) is 19.4 Å². The molecule has 0 spiro atoms. The summed E-state index contributed by atoms with van der Waals surface area (Å²) >= 11 is 3.41. The highest BCUT2D eigenvalue weighted by Crippen LogP contribution is 2.19. The third kappa shape index (κ3) is 5.09. The highest BCUT2D eigenvalue weighted by molar-refractivity contribution is 9.10. The van der Waals surface area contributed by atoms with Crippen LogP contribution in [0.15, 0.2) is 45.3 Å². The quantitative estimate of drug-likeness (QED) is 0.701. The molecule has 0 radical (unpaired) electrons. The van der Waals surface area contributed by atoms with Gasteiger partial charge < -0.3 is 19.0 Å². The number of benzene rings is 1. The Labute approximate surface area is 156 Å². The van der Waals surface area contributed by atoms with Gasteiger partial charge in [-0.05, 0) is 56.3 Å². The van der Waals surface area contributed by atoms with E-state index in [-0.39, 0.29) is 5.91 Å². The van der Waals surface area contributed by atoms with Crippen LogP contribution < -0.4 is 4.74 Å². The van der Waals surface area contributed by atoms with Crippen molar-refractivity contribution in [2.75, 3.05) is 33.2 Å². The van der Waals surface area contributed by atoms with E-state index in [1.54, 1.807) is 17.0 Å². The third-order valence-electron chi connectivity index (χ3n) is 4.35. The minimum Gasteiger partial charge on any atom is -0.486 e. The molecule has 1 aromatic carbocycles. The van der Waals surface area contributed by atoms with Crippen molar-refractivity contribution in [3.05, 3.63) is 52.4 Å². The van der Waals surface area contributed by atoms with Crippen molar-refractivity contribution in [1.29, 1.82) is 0 Å². The highest BCUT2D eigenvalue weighted by Gasteiger charge is 2.18. The second-order valence-electron chi connectivity index (χ2n) is 6.29. The number of furan rings is 1. The molecule has 1 aliphatic heterocycles. The molecule has 1 saturated heterocycles. The molecule has 1 amide bonds. The standard InChI is InChI=1S/C19H23BrN2O3/c1-21(11-12-22-9-2-3-10-22)19(23)18-8-7-17(25-18)14-24-16-6-4-5-15(20)13-16/h4-8,13H,2-3,9-12,14H2,1H3. The minimum atomic E-state index is -0.0899. The fourth-order valence-corrected chi connectivity index (χ4v) is 3.25. The molecule has 5 nitrogen and oxygen atoms in total. The maximum absolute atomic E-state index is 12.4. The molecule has 0 aliphatic carbocycles. The van der Waals surface area contributed by atoms with Gasteiger partial charge in [0.15, 0.2) is 5.76 Å². The Morgan fingerprint density at radius 1 is 1.28 bits per heavy atom. The zero-order chi connectivity index (χ0) is 17.6. The van der Waals surface area contributed by atoms with Crippen molar-refractivity contribution in [2.24, 2.45) is 0 Å². The van der Waals surface area contributed by atoms with Gasteiger partial charge in [0.1, 0.15) is 18.1 Å². The van der Waals surface area contributed by atoms with Crippen LogP contribution in [0.3, 0.4) is 0 Å². The first-order chi connectivity index (χ1) is 12.1. The number of likely N-dealkylation sites (tertiary alicyclic amines) is 1. The number of halogens is 1. The van der Waals surface area contributed by atoms with Crippen LogP contribution in [0.1, 0.15) is 29.2 Å². The Morgan fingerprint density at radius 2 is 2.08 bits per heavy atom. The molecule has 6 heteroatoms. The van der Waals surface area contributed by atoms with E-state index in [1.807, 2.05) is 31.3 Å². The normalized spacial score (nSPS) is 14.6. The van der Waals surface area contributed by atoms with E-state index in [4.69, 9.17) is 9.15 Å². The number of amides is 1. The number of carbonyl (C=O) groups is 1. The van der Waals surface area contributed by atoms with Gasteiger partial charge in [0.05, 0.1) is 0 Å². The minimum absolute atomic E-state index is 0.0899. The van der Waals surface area contributed by atoms with Gasteiger partial charge >= 0.3 is 0 Å². The average Bonchev–Trinajstić information content (AvgIpc) is 3.29. The Kier molecular flexibility index (Phi) is 6.15. The molecular formula is C19H23BrN2O3. The van der Waals surface area contributed by atoms with Crippen LogP contribution in [0.2, 0.25) is 0 Å². The number of likely N-dealkylation sites (N-methyl/N-ethyl adjacent to an activating group) is 1. The van der Waals surface area contributed by atoms with Gasteiger partial charge in [-0.25, -0.2) is 0 Å². The van der Waals surface area contributed by atoms with Crippen LogP contribution >= 0.6 is 15.9 Å². The van der Waals surface area contributed by atoms with Gasteiger partial charge in [0.25, 0.3) is 5.91 Å². The van der Waals surface area contributed by atoms with Gasteiger partial charge in [-0.15, -0.1) is 0 Å². The van der Waals surface area contributed by atoms with Crippen LogP contribution in [0.5, 0.6) is 5.75 Å². The Hall–Kier alpha value is -1.79. The number of hydrogen-bond donors (Lipinski definition) is 0. The van der Waals surface area contributed by atoms with Gasteiger partial charge in [-0.2, -0.15) is 0 Å². The smallest absolute Gasteiger partial charge is 0.289 e. The van der Waals surface area contributed by atoms with Crippen molar-refractivity contribution >= 4 is 21.8 Å². The first kappa shape index (κ1) is 18.0. The second-order valence-corrected chi connectivity index (χ2v) is 7.20. The van der Waals surface area contributed by atoms with E-state index in [9.17, 15) is 4.79 Å². The lowest BCUT2D eigenvalue weighted by Gasteiger charge is -2.20. The number of hydrogen-bond acceptors (Lipinski definition) is 4. The van der Waals surface area contributed by atoms with Crippen molar-refractivity contribution in [3.8, 4) is 5.75 Å². The molecule has 134 valence electrons. The topological polar surface area (TPSA) is 45.9 Å². The molecular weight excluding hydrogens is 384 g/mol. The van der Waals surface area contributed by atoms with Gasteiger partial charge in [-0.3, -0.25) is 4.79 Å². The summed E-state index contributed by atoms with van der Waals surface area (Å²) < 4.78 is 12.3. The largest absolute Gasteiger partial charge is 0.486 e. The maximum Gasteiger partial charge on any atom is 0.289 e. The number of carbonyl (C=O) groups excluding carboxylic acids is 1. The molecule has 3 rings (SSSR count). The zero-order valence-corrected chi connectivity index (χ0v) is 16.0. The van der Waals surface area contributed by atoms with Crippen LogP contribution in [0.4, 0.5) is 0 Å². The highest BCUT2D eigenvalue weighted by atomic mass is 79.9. The fourth-order valence-electron chi connectivity index (χ4n) is 2.87. The molecule has 0 unspecified atom stereocenters. The molecule has 0 atom stereocenters. The van der Waals surface area contributed by atoms with Crippen LogP contribution in [-0.4, -0.2) is 48.9 Å². The fraction of sp³-hybridized carbons (Fsp3) is 0.421. The van der Waals surface area contributed by atoms with Crippen molar-refractivity contribution in [1.82, 2.24) is 9.80 Å². The lowest BCUT2D eigenvalue weighted by atomic mass is 10.3. The molecule has 2 heterocycles. The first-order valence-corrected chi connectivity index (χ1v) is 9.36. The summed E-state index contributed by atoms with van der Waals surface area (Å²) in [6.45, 7) is 4.20. The Morgan fingerprint density at radius 3 is 2.84 bits per heavy atom. The predicted molar refractivity (Wildman–Crippen MR) is 99.8 cm³/mol. The molecule has 1 fully saturated rings. The van der Waals surface area contributed by atoms with E-state index in [0.717, 1.165) is 29.9 Å². The summed E-state index contributed by atoms with van der Waals surface area (Å²) in [5.41, 5.74) is 0. The van der Waals surface area contributed by atoms with E-state index in [0.29, 0.717) is 24.7 Å². The van der Waals surface area contributed by atoms with E-state index < -0.39 is 0 Å². The summed E-state index contributed by atoms with van der Waals surface area (Å²) in [4.78, 5) is 16.6. The molecule has 1 aromatic heterocycles. The molecule has 0 bridgehead atoms. The first-order valence-electron chi connectivity index (χ1n) is 8.57. The summed E-state index contributed by atoms with van der Waals surface area (Å²) in [7, 11) is 1.82. The van der Waals surface area contributed by atoms with Crippen LogP contribution in [-0.2, 0) is 6.61 Å². The monoisotopic (exact) mass is 406 g/mol. The van der Waals surface area contributed by atoms with Crippen molar-refractivity contribution < 1.29 is 13.9 Å². The van der Waals surface area contributed by atoms with Crippen LogP contribution in [0, 0.1) is 0 Å². The number of ether oxygens (including phenoxy) is 1. The zero-order valence-electron chi connectivity index (χ0n) is 14.4. The van der Waals surface area contributed by atoms with Gasteiger partial charge in [-0.1, -0.05) is 22.0 Å². The van der Waals surface area contributed by atoms with Crippen LogP contribution in [0.25, 0.3) is 0 Å². The SMILES string of the molecule is CN(CCN1CCCC1)C(=O)c1ccc(COc2cccc(Br)c2)o1. The van der Waals surface area contributed by atoms with Crippen molar-refractivity contribution in [3.63, 3.8) is 0 Å². The molecule has 25 heavy (non-hydrogen) atoms. The summed E-state index contributed by atoms with van der Waals surface area (Å²) in [6.07, 6.45) is 2.52. The second kappa shape index (κ2) is 8.54. The number of nitrogens with zero attached hydrogens (tertiary/aromatic N) is 2. The summed E-state index contributed by atoms with van der Waals surface area (Å²) in [6, 6.07) is 11.1. The predicted octanol–water partition coefficient (Wildman–Crippen LogP) is 3.79. The third-order valence-corrected chi connectivity index (χ3v) is 4.84. The molecule has 0 N–H and O–H groups in total. The van der Waals surface area contributed by atoms with Gasteiger partial charge in [0.2, 0.25) is 0 Å². The molecule has 1 aliphatic rings. The number of rotatable bonds is 7. The Bertz CT molecular complexity index is 710. The average molecular weight is 407 g/mol. The molecule has 2 aromatic rings. The van der Waals surface area contributed by atoms with E-state index in [2.05, 4.69) is 20.8 Å². The lowest BCUT2D eigenvalue weighted by molar-refractivity contribution is 0.0747. The summed E-state index contributed by atoms with van der Waals surface area (Å²) in [5.74, 6) is 1.65. The van der Waals surface area contributed by atoms with Gasteiger partial charge in [0, 0.05) is 24.6 Å². The lowest BCUT2D eigenvalue weighted by Crippen LogP contribution is -2.35. The molecule has 0 saturated carbocycles.